The van der Waals surface area contributed by atoms with E-state index in [1.807, 2.05) is 0 Å². The van der Waals surface area contributed by atoms with Crippen molar-refractivity contribution in [2.24, 2.45) is 5.73 Å². The van der Waals surface area contributed by atoms with Crippen LogP contribution in [0.15, 0.2) is 24.3 Å². The Kier molecular flexibility index (Phi) is 2.40. The minimum Gasteiger partial charge on any atom is -0.377 e. The Bertz CT molecular complexity index is 247. The molecule has 0 aliphatic heterocycles. The van der Waals surface area contributed by atoms with E-state index in [1.54, 1.807) is 12.2 Å². The molecule has 3 nitrogen and oxygen atoms in total. The van der Waals surface area contributed by atoms with Crippen molar-refractivity contribution in [3.05, 3.63) is 24.3 Å². The highest BCUT2D eigenvalue weighted by Crippen LogP contribution is 2.19. The standard InChI is InChI=1S/C8H10FNO2/c9-7(10)6(11)8(12)4-2-1-3-5-8/h1-4,7,12H,5,10H2/t7-,8+/m0/s1. The lowest BCUT2D eigenvalue weighted by Crippen LogP contribution is -2.45. The summed E-state index contributed by atoms with van der Waals surface area (Å²) in [5.41, 5.74) is 2.97. The normalized spacial score (nSPS) is 30.2. The first-order valence-electron chi connectivity index (χ1n) is 3.57. The third kappa shape index (κ3) is 1.60. The summed E-state index contributed by atoms with van der Waals surface area (Å²) in [5.74, 6) is -0.997. The van der Waals surface area contributed by atoms with Crippen LogP contribution >= 0.6 is 0 Å². The molecule has 0 saturated carbocycles. The van der Waals surface area contributed by atoms with Gasteiger partial charge in [0.05, 0.1) is 0 Å². The molecule has 1 aliphatic carbocycles. The van der Waals surface area contributed by atoms with E-state index in [2.05, 4.69) is 0 Å². The molecule has 12 heavy (non-hydrogen) atoms. The van der Waals surface area contributed by atoms with E-state index in [0.717, 1.165) is 0 Å². The van der Waals surface area contributed by atoms with Crippen molar-refractivity contribution in [3.63, 3.8) is 0 Å². The predicted octanol–water partition coefficient (Wildman–Crippen LogP) is 0.0570. The number of halogens is 1. The van der Waals surface area contributed by atoms with Crippen LogP contribution in [-0.4, -0.2) is 22.8 Å². The van der Waals surface area contributed by atoms with Crippen molar-refractivity contribution in [2.45, 2.75) is 18.3 Å². The first-order chi connectivity index (χ1) is 5.56. The van der Waals surface area contributed by atoms with Gasteiger partial charge in [-0.25, -0.2) is 4.39 Å². The number of alkyl halides is 1. The van der Waals surface area contributed by atoms with Crippen LogP contribution in [0.3, 0.4) is 0 Å². The Hall–Kier alpha value is -1.00. The largest absolute Gasteiger partial charge is 0.377 e. The van der Waals surface area contributed by atoms with Crippen molar-refractivity contribution in [1.29, 1.82) is 0 Å². The summed E-state index contributed by atoms with van der Waals surface area (Å²) < 4.78 is 12.3. The third-order valence-electron chi connectivity index (χ3n) is 1.73. The molecule has 0 fully saturated rings. The SMILES string of the molecule is N[C@H](F)C(=O)[C@@]1(O)C=CC=CC1. The number of carbonyl (C=O) groups excluding carboxylic acids is 1. The van der Waals surface area contributed by atoms with Gasteiger partial charge in [-0.1, -0.05) is 18.2 Å². The van der Waals surface area contributed by atoms with Crippen LogP contribution in [0.2, 0.25) is 0 Å². The van der Waals surface area contributed by atoms with E-state index in [0.29, 0.717) is 0 Å². The number of hydrogen-bond donors (Lipinski definition) is 2. The molecule has 1 rings (SSSR count). The monoisotopic (exact) mass is 171 g/mol. The molecule has 3 N–H and O–H groups in total. The number of nitrogens with two attached hydrogens (primary N) is 1. The van der Waals surface area contributed by atoms with Crippen molar-refractivity contribution in [2.75, 3.05) is 0 Å². The topological polar surface area (TPSA) is 63.3 Å². The van der Waals surface area contributed by atoms with Gasteiger partial charge >= 0.3 is 0 Å². The lowest BCUT2D eigenvalue weighted by Gasteiger charge is -2.23. The van der Waals surface area contributed by atoms with Crippen LogP contribution in [-0.2, 0) is 4.79 Å². The molecular formula is C8H10FNO2. The van der Waals surface area contributed by atoms with Gasteiger partial charge in [-0.15, -0.1) is 0 Å². The van der Waals surface area contributed by atoms with Crippen LogP contribution in [0, 0.1) is 0 Å². The summed E-state index contributed by atoms with van der Waals surface area (Å²) in [7, 11) is 0. The van der Waals surface area contributed by atoms with Gasteiger partial charge in [0.25, 0.3) is 0 Å². The third-order valence-corrected chi connectivity index (χ3v) is 1.73. The van der Waals surface area contributed by atoms with Crippen molar-refractivity contribution in [1.82, 2.24) is 0 Å². The molecule has 1 aliphatic rings. The van der Waals surface area contributed by atoms with Gasteiger partial charge in [-0.3, -0.25) is 10.5 Å². The molecule has 2 atom stereocenters. The summed E-state index contributed by atoms with van der Waals surface area (Å²) >= 11 is 0. The van der Waals surface area contributed by atoms with Crippen LogP contribution in [0.4, 0.5) is 4.39 Å². The summed E-state index contributed by atoms with van der Waals surface area (Å²) in [6, 6.07) is 0. The number of hydrogen-bond acceptors (Lipinski definition) is 3. The van der Waals surface area contributed by atoms with Crippen LogP contribution in [0.25, 0.3) is 0 Å². The first-order valence-corrected chi connectivity index (χ1v) is 3.57. The fourth-order valence-corrected chi connectivity index (χ4v) is 1.03. The minimum atomic E-state index is -2.12. The van der Waals surface area contributed by atoms with E-state index in [-0.39, 0.29) is 6.42 Å². The number of aliphatic hydroxyl groups is 1. The van der Waals surface area contributed by atoms with Crippen molar-refractivity contribution >= 4 is 5.78 Å². The highest BCUT2D eigenvalue weighted by molar-refractivity contribution is 5.92. The number of carbonyl (C=O) groups is 1. The van der Waals surface area contributed by atoms with Crippen molar-refractivity contribution < 1.29 is 14.3 Å². The lowest BCUT2D eigenvalue weighted by atomic mass is 9.90. The number of ketones is 1. The molecule has 0 aromatic rings. The van der Waals surface area contributed by atoms with E-state index in [9.17, 15) is 14.3 Å². The lowest BCUT2D eigenvalue weighted by molar-refractivity contribution is -0.137. The van der Waals surface area contributed by atoms with Crippen LogP contribution < -0.4 is 5.73 Å². The minimum absolute atomic E-state index is 0.0833. The second-order valence-electron chi connectivity index (χ2n) is 2.68. The highest BCUT2D eigenvalue weighted by Gasteiger charge is 2.36. The van der Waals surface area contributed by atoms with Gasteiger partial charge in [0.15, 0.2) is 0 Å². The zero-order valence-electron chi connectivity index (χ0n) is 6.40. The van der Waals surface area contributed by atoms with Gasteiger partial charge in [-0.05, 0) is 6.08 Å². The molecule has 0 spiro atoms. The molecule has 4 heteroatoms. The Balaban J connectivity index is 2.79. The molecule has 66 valence electrons. The molecule has 0 amide bonds. The summed E-state index contributed by atoms with van der Waals surface area (Å²) in [4.78, 5) is 11.0. The molecule has 0 saturated heterocycles. The number of Topliss-reactive ketones (excluding diaryl/α,β-unsaturated/α-hetero) is 1. The predicted molar refractivity (Wildman–Crippen MR) is 41.9 cm³/mol. The Morgan fingerprint density at radius 2 is 2.33 bits per heavy atom. The Labute approximate surface area is 69.4 Å². The quantitative estimate of drug-likeness (QED) is 0.577. The second-order valence-corrected chi connectivity index (χ2v) is 2.68. The van der Waals surface area contributed by atoms with Gasteiger partial charge < -0.3 is 5.11 Å². The molecule has 0 aromatic carbocycles. The Morgan fingerprint density at radius 1 is 1.67 bits per heavy atom. The van der Waals surface area contributed by atoms with Crippen LogP contribution in [0.1, 0.15) is 6.42 Å². The average Bonchev–Trinajstić information content (AvgIpc) is 2.04. The zero-order valence-corrected chi connectivity index (χ0v) is 6.40. The molecule has 0 aromatic heterocycles. The smallest absolute Gasteiger partial charge is 0.217 e. The second kappa shape index (κ2) is 3.16. The van der Waals surface area contributed by atoms with Gasteiger partial charge in [0.1, 0.15) is 5.60 Å². The summed E-state index contributed by atoms with van der Waals surface area (Å²) in [6.07, 6.45) is 3.95. The van der Waals surface area contributed by atoms with Gasteiger partial charge in [-0.2, -0.15) is 0 Å². The van der Waals surface area contributed by atoms with E-state index in [4.69, 9.17) is 5.73 Å². The summed E-state index contributed by atoms with van der Waals surface area (Å²) in [5, 5.41) is 9.50. The van der Waals surface area contributed by atoms with Gasteiger partial charge in [0, 0.05) is 6.42 Å². The van der Waals surface area contributed by atoms with Crippen LogP contribution in [0.5, 0.6) is 0 Å². The number of rotatable bonds is 2. The maximum atomic E-state index is 12.3. The summed E-state index contributed by atoms with van der Waals surface area (Å²) in [6.45, 7) is 0. The Morgan fingerprint density at radius 3 is 2.75 bits per heavy atom. The van der Waals surface area contributed by atoms with E-state index >= 15 is 0 Å². The zero-order chi connectivity index (χ0) is 9.19. The molecule has 0 bridgehead atoms. The molecule has 0 radical (unpaired) electrons. The first kappa shape index (κ1) is 9.09. The maximum Gasteiger partial charge on any atom is 0.217 e. The average molecular weight is 171 g/mol. The van der Waals surface area contributed by atoms with E-state index in [1.165, 1.54) is 12.2 Å². The molecular weight excluding hydrogens is 161 g/mol. The van der Waals surface area contributed by atoms with Gasteiger partial charge in [0.2, 0.25) is 12.1 Å². The molecule has 0 heterocycles. The number of allylic oxidation sites excluding steroid dienone is 2. The fourth-order valence-electron chi connectivity index (χ4n) is 1.03. The van der Waals surface area contributed by atoms with E-state index < -0.39 is 17.7 Å². The molecule has 0 unspecified atom stereocenters. The fraction of sp³-hybridized carbons (Fsp3) is 0.375. The highest BCUT2D eigenvalue weighted by atomic mass is 19.1. The van der Waals surface area contributed by atoms with Crippen molar-refractivity contribution in [3.8, 4) is 0 Å². The maximum absolute atomic E-state index is 12.3.